The molecule has 4 rings (SSSR count). The van der Waals surface area contributed by atoms with E-state index >= 15 is 0 Å². The molecular formula is C26H33ClN8O3. The molecular weight excluding hydrogens is 508 g/mol. The molecule has 202 valence electrons. The Bertz CT molecular complexity index is 1390. The van der Waals surface area contributed by atoms with Gasteiger partial charge in [0.25, 0.3) is 11.9 Å². The Labute approximate surface area is 225 Å². The lowest BCUT2D eigenvalue weighted by Crippen LogP contribution is -2.57. The summed E-state index contributed by atoms with van der Waals surface area (Å²) in [6.07, 6.45) is 0.391. The van der Waals surface area contributed by atoms with Crippen LogP contribution in [0, 0.1) is 18.3 Å². The molecule has 0 saturated heterocycles. The van der Waals surface area contributed by atoms with Gasteiger partial charge in [0.1, 0.15) is 17.4 Å². The fraction of sp³-hybridized carbons (Fsp3) is 0.385. The van der Waals surface area contributed by atoms with Gasteiger partial charge in [0.05, 0.1) is 30.6 Å². The Morgan fingerprint density at radius 1 is 1.34 bits per heavy atom. The van der Waals surface area contributed by atoms with Gasteiger partial charge in [-0.15, -0.1) is 0 Å². The molecule has 0 bridgehead atoms. The van der Waals surface area contributed by atoms with Crippen LogP contribution in [-0.2, 0) is 0 Å². The molecule has 1 aliphatic heterocycles. The molecule has 0 aliphatic carbocycles. The van der Waals surface area contributed by atoms with E-state index in [0.29, 0.717) is 57.3 Å². The lowest BCUT2D eigenvalue weighted by Gasteiger charge is -2.35. The summed E-state index contributed by atoms with van der Waals surface area (Å²) in [6, 6.07) is 6.75. The number of oxazole rings is 1. The van der Waals surface area contributed by atoms with Crippen molar-refractivity contribution in [2.45, 2.75) is 46.1 Å². The monoisotopic (exact) mass is 540 g/mol. The van der Waals surface area contributed by atoms with Gasteiger partial charge >= 0.3 is 0 Å². The quantitative estimate of drug-likeness (QED) is 0.224. The summed E-state index contributed by atoms with van der Waals surface area (Å²) < 4.78 is 11.3. The van der Waals surface area contributed by atoms with Crippen molar-refractivity contribution < 1.29 is 13.9 Å². The first-order valence-corrected chi connectivity index (χ1v) is 12.8. The third kappa shape index (κ3) is 5.31. The van der Waals surface area contributed by atoms with Crippen molar-refractivity contribution >= 4 is 46.7 Å². The molecule has 11 nitrogen and oxygen atoms in total. The number of aromatic nitrogens is 1. The number of aliphatic imine (C=N–C) groups is 1. The van der Waals surface area contributed by atoms with Crippen molar-refractivity contribution in [1.82, 2.24) is 20.9 Å². The van der Waals surface area contributed by atoms with Crippen molar-refractivity contribution in [3.05, 3.63) is 51.5 Å². The first-order chi connectivity index (χ1) is 18.2. The van der Waals surface area contributed by atoms with Crippen LogP contribution in [0.5, 0.6) is 5.75 Å². The van der Waals surface area contributed by atoms with Crippen LogP contribution >= 0.6 is 11.6 Å². The maximum absolute atomic E-state index is 12.9. The van der Waals surface area contributed by atoms with E-state index in [1.54, 1.807) is 31.2 Å². The van der Waals surface area contributed by atoms with Crippen LogP contribution in [0.2, 0.25) is 5.02 Å². The van der Waals surface area contributed by atoms with E-state index in [-0.39, 0.29) is 23.7 Å². The number of carbonyl (C=O) groups excluding carboxylic acids is 1. The Hall–Kier alpha value is -3.67. The van der Waals surface area contributed by atoms with E-state index in [1.165, 1.54) is 6.34 Å². The molecule has 0 radical (unpaired) electrons. The first kappa shape index (κ1) is 27.4. The van der Waals surface area contributed by atoms with Crippen LogP contribution in [0.4, 0.5) is 6.01 Å². The largest absolute Gasteiger partial charge is 0.493 e. The Balaban J connectivity index is 1.68. The van der Waals surface area contributed by atoms with Crippen LogP contribution in [0.1, 0.15) is 53.9 Å². The molecule has 1 aromatic heterocycles. The number of nitrogens with two attached hydrogens (primary N) is 2. The average Bonchev–Trinajstić information content (AvgIpc) is 3.25. The van der Waals surface area contributed by atoms with Crippen LogP contribution in [0.15, 0.2) is 33.7 Å². The maximum Gasteiger partial charge on any atom is 0.292 e. The number of hydrogen-bond acceptors (Lipinski definition) is 10. The topological polar surface area (TPSA) is 177 Å². The molecule has 12 heteroatoms. The lowest BCUT2D eigenvalue weighted by atomic mass is 9.89. The number of rotatable bonds is 9. The van der Waals surface area contributed by atoms with E-state index in [1.807, 2.05) is 20.8 Å². The van der Waals surface area contributed by atoms with Crippen molar-refractivity contribution in [1.29, 1.82) is 5.41 Å². The van der Waals surface area contributed by atoms with E-state index in [0.717, 1.165) is 0 Å². The number of hydrogen-bond donors (Lipinski definition) is 6. The number of ether oxygens (including phenoxy) is 1. The molecule has 2 heterocycles. The number of amides is 1. The summed E-state index contributed by atoms with van der Waals surface area (Å²) in [7, 11) is 0. The standard InChI is InChI=1S/C26H33ClN8O3/c1-5-31-25(36)19-12(3)16(27)10-15(22(19)37-6-2)13(4)34-24-20(23(29)32-11-33-24)21(28)14-7-8-18-17(9-14)35-26(30)38-18/h7-11,13,20,23-24,28,34H,5-6,29H2,1-4H3,(H2,30,35)(H,31,36)(H,32,33). The van der Waals surface area contributed by atoms with Crippen LogP contribution in [0.25, 0.3) is 11.1 Å². The summed E-state index contributed by atoms with van der Waals surface area (Å²) >= 11 is 6.57. The third-order valence-electron chi connectivity index (χ3n) is 6.52. The molecule has 0 spiro atoms. The summed E-state index contributed by atoms with van der Waals surface area (Å²) in [5, 5.41) is 18.8. The number of fused-ring (bicyclic) bond motifs is 1. The molecule has 0 fully saturated rings. The average molecular weight is 541 g/mol. The van der Waals surface area contributed by atoms with Gasteiger partial charge in [0.2, 0.25) is 0 Å². The van der Waals surface area contributed by atoms with Gasteiger partial charge in [-0.25, -0.2) is 0 Å². The van der Waals surface area contributed by atoms with E-state index in [9.17, 15) is 4.79 Å². The van der Waals surface area contributed by atoms with E-state index in [2.05, 4.69) is 25.9 Å². The zero-order valence-corrected chi connectivity index (χ0v) is 22.5. The highest BCUT2D eigenvalue weighted by molar-refractivity contribution is 6.32. The van der Waals surface area contributed by atoms with Gasteiger partial charge in [0.15, 0.2) is 5.58 Å². The molecule has 2 aromatic carbocycles. The highest BCUT2D eigenvalue weighted by Gasteiger charge is 2.35. The van der Waals surface area contributed by atoms with E-state index in [4.69, 9.17) is 37.6 Å². The van der Waals surface area contributed by atoms with Gasteiger partial charge in [0, 0.05) is 28.9 Å². The Kier molecular flexibility index (Phi) is 8.20. The second-order valence-corrected chi connectivity index (χ2v) is 9.45. The number of benzene rings is 2. The summed E-state index contributed by atoms with van der Waals surface area (Å²) in [5.74, 6) is -0.332. The fourth-order valence-electron chi connectivity index (χ4n) is 4.63. The summed E-state index contributed by atoms with van der Waals surface area (Å²) in [6.45, 7) is 8.28. The smallest absolute Gasteiger partial charge is 0.292 e. The normalized spacial score (nSPS) is 19.7. The van der Waals surface area contributed by atoms with Crippen LogP contribution < -0.4 is 32.2 Å². The zero-order valence-electron chi connectivity index (χ0n) is 21.8. The minimum Gasteiger partial charge on any atom is -0.493 e. The number of halogens is 1. The predicted octanol–water partition coefficient (Wildman–Crippen LogP) is 3.10. The predicted molar refractivity (Wildman–Crippen MR) is 149 cm³/mol. The molecule has 1 aliphatic rings. The minimum absolute atomic E-state index is 0.0616. The minimum atomic E-state index is -0.582. The molecule has 4 unspecified atom stereocenters. The van der Waals surface area contributed by atoms with Crippen molar-refractivity contribution in [3.63, 3.8) is 0 Å². The fourth-order valence-corrected chi connectivity index (χ4v) is 4.84. The van der Waals surface area contributed by atoms with Crippen molar-refractivity contribution in [2.24, 2.45) is 16.6 Å². The number of anilines is 1. The lowest BCUT2D eigenvalue weighted by molar-refractivity contribution is 0.0951. The highest BCUT2D eigenvalue weighted by atomic mass is 35.5. The van der Waals surface area contributed by atoms with Gasteiger partial charge in [-0.1, -0.05) is 11.6 Å². The second kappa shape index (κ2) is 11.4. The zero-order chi connectivity index (χ0) is 27.6. The Morgan fingerprint density at radius 3 is 2.82 bits per heavy atom. The molecule has 38 heavy (non-hydrogen) atoms. The van der Waals surface area contributed by atoms with E-state index < -0.39 is 18.2 Å². The molecule has 1 amide bonds. The number of nitrogens with one attached hydrogen (secondary N) is 4. The van der Waals surface area contributed by atoms with Gasteiger partial charge < -0.3 is 36.7 Å². The second-order valence-electron chi connectivity index (χ2n) is 9.05. The Morgan fingerprint density at radius 2 is 2.11 bits per heavy atom. The third-order valence-corrected chi connectivity index (χ3v) is 6.92. The van der Waals surface area contributed by atoms with Gasteiger partial charge in [-0.3, -0.25) is 15.1 Å². The highest BCUT2D eigenvalue weighted by Crippen LogP contribution is 2.37. The molecule has 8 N–H and O–H groups in total. The first-order valence-electron chi connectivity index (χ1n) is 12.4. The molecule has 4 atom stereocenters. The molecule has 3 aromatic rings. The van der Waals surface area contributed by atoms with Crippen LogP contribution in [0.3, 0.4) is 0 Å². The van der Waals surface area contributed by atoms with Crippen LogP contribution in [-0.4, -0.2) is 48.4 Å². The maximum atomic E-state index is 12.9. The molecule has 0 saturated carbocycles. The summed E-state index contributed by atoms with van der Waals surface area (Å²) in [4.78, 5) is 21.7. The number of nitrogen functional groups attached to an aromatic ring is 1. The number of carbonyl (C=O) groups is 1. The van der Waals surface area contributed by atoms with Crippen molar-refractivity contribution in [3.8, 4) is 5.75 Å². The van der Waals surface area contributed by atoms with Crippen molar-refractivity contribution in [2.75, 3.05) is 18.9 Å². The van der Waals surface area contributed by atoms with Gasteiger partial charge in [-0.05, 0) is 63.1 Å². The summed E-state index contributed by atoms with van der Waals surface area (Å²) in [5.41, 5.74) is 15.8. The number of nitrogens with zero attached hydrogens (tertiary/aromatic N) is 2. The SMILES string of the molecule is CCNC(=O)c1c(C)c(Cl)cc(C(C)NC2N=CNC(N)C2C(=N)c2ccc3oc(N)nc3c2)c1OCC. The van der Waals surface area contributed by atoms with Gasteiger partial charge in [-0.2, -0.15) is 4.98 Å².